The zero-order valence-electron chi connectivity index (χ0n) is 13.2. The lowest BCUT2D eigenvalue weighted by Crippen LogP contribution is -2.47. The van der Waals surface area contributed by atoms with Crippen LogP contribution in [0.15, 0.2) is 24.3 Å². The second kappa shape index (κ2) is 6.21. The molecule has 1 amide bonds. The van der Waals surface area contributed by atoms with Crippen molar-refractivity contribution in [2.24, 2.45) is 5.92 Å². The molecule has 1 aromatic carbocycles. The van der Waals surface area contributed by atoms with Gasteiger partial charge in [-0.3, -0.25) is 9.69 Å². The summed E-state index contributed by atoms with van der Waals surface area (Å²) in [6.07, 6.45) is 4.19. The van der Waals surface area contributed by atoms with Gasteiger partial charge in [-0.05, 0) is 42.9 Å². The monoisotopic (exact) mass is 318 g/mol. The summed E-state index contributed by atoms with van der Waals surface area (Å²) in [5.74, 6) is 0.439. The number of fused-ring (bicyclic) bond motifs is 1. The Bertz CT molecular complexity index is 590. The zero-order valence-corrected chi connectivity index (χ0v) is 13.2. The van der Waals surface area contributed by atoms with Gasteiger partial charge in [0.1, 0.15) is 5.82 Å². The Balaban J connectivity index is 1.29. The molecule has 23 heavy (non-hydrogen) atoms. The minimum absolute atomic E-state index is 0.0277. The van der Waals surface area contributed by atoms with Crippen molar-refractivity contribution in [3.63, 3.8) is 0 Å². The maximum atomic E-state index is 13.2. The molecule has 4 rings (SSSR count). The summed E-state index contributed by atoms with van der Waals surface area (Å²) in [5.41, 5.74) is 0.718. The SMILES string of the molecule is O=C(Cc1cccc(F)c1)N[C@H]1C[C@H]2CO[C@@H](C3CC3)CN2C1. The molecule has 2 aliphatic heterocycles. The average Bonchev–Trinajstić information content (AvgIpc) is 3.27. The first-order valence-corrected chi connectivity index (χ1v) is 8.57. The Morgan fingerprint density at radius 1 is 1.35 bits per heavy atom. The molecule has 0 bridgehead atoms. The lowest BCUT2D eigenvalue weighted by Gasteiger charge is -2.35. The number of nitrogens with zero attached hydrogens (tertiary/aromatic N) is 1. The van der Waals surface area contributed by atoms with E-state index in [2.05, 4.69) is 10.2 Å². The summed E-state index contributed by atoms with van der Waals surface area (Å²) in [5, 5.41) is 3.10. The second-order valence-corrected chi connectivity index (χ2v) is 7.12. The molecule has 3 fully saturated rings. The van der Waals surface area contributed by atoms with Gasteiger partial charge in [0.05, 0.1) is 19.1 Å². The third-order valence-electron chi connectivity index (χ3n) is 5.21. The molecule has 3 atom stereocenters. The van der Waals surface area contributed by atoms with Gasteiger partial charge in [-0.15, -0.1) is 0 Å². The fourth-order valence-electron chi connectivity index (χ4n) is 3.87. The molecule has 124 valence electrons. The predicted octanol–water partition coefficient (Wildman–Crippen LogP) is 1.74. The van der Waals surface area contributed by atoms with Gasteiger partial charge >= 0.3 is 0 Å². The Morgan fingerprint density at radius 2 is 2.22 bits per heavy atom. The van der Waals surface area contributed by atoms with E-state index < -0.39 is 0 Å². The number of hydrogen-bond donors (Lipinski definition) is 1. The van der Waals surface area contributed by atoms with Crippen LogP contribution in [0.5, 0.6) is 0 Å². The highest BCUT2D eigenvalue weighted by molar-refractivity contribution is 5.78. The molecular formula is C18H23FN2O2. The highest BCUT2D eigenvalue weighted by Gasteiger charge is 2.42. The fourth-order valence-corrected chi connectivity index (χ4v) is 3.87. The third-order valence-corrected chi connectivity index (χ3v) is 5.21. The van der Waals surface area contributed by atoms with Crippen LogP contribution in [0.1, 0.15) is 24.8 Å². The van der Waals surface area contributed by atoms with E-state index in [1.807, 2.05) is 0 Å². The minimum atomic E-state index is -0.295. The van der Waals surface area contributed by atoms with Crippen molar-refractivity contribution in [3.8, 4) is 0 Å². The quantitative estimate of drug-likeness (QED) is 0.919. The number of halogens is 1. The Morgan fingerprint density at radius 3 is 3.00 bits per heavy atom. The molecule has 1 aliphatic carbocycles. The Labute approximate surface area is 136 Å². The molecule has 2 heterocycles. The van der Waals surface area contributed by atoms with Crippen molar-refractivity contribution in [3.05, 3.63) is 35.6 Å². The number of nitrogens with one attached hydrogen (secondary N) is 1. The molecule has 2 saturated heterocycles. The molecule has 0 spiro atoms. The van der Waals surface area contributed by atoms with E-state index in [0.717, 1.165) is 37.6 Å². The molecule has 4 nitrogen and oxygen atoms in total. The first kappa shape index (κ1) is 15.1. The van der Waals surface area contributed by atoms with Crippen LogP contribution in [0.3, 0.4) is 0 Å². The second-order valence-electron chi connectivity index (χ2n) is 7.12. The number of hydrogen-bond acceptors (Lipinski definition) is 3. The largest absolute Gasteiger partial charge is 0.375 e. The fraction of sp³-hybridized carbons (Fsp3) is 0.611. The molecule has 1 aromatic rings. The lowest BCUT2D eigenvalue weighted by atomic mass is 10.1. The number of amides is 1. The van der Waals surface area contributed by atoms with Gasteiger partial charge < -0.3 is 10.1 Å². The van der Waals surface area contributed by atoms with Gasteiger partial charge in [0.15, 0.2) is 0 Å². The van der Waals surface area contributed by atoms with Crippen LogP contribution >= 0.6 is 0 Å². The van der Waals surface area contributed by atoms with Crippen LogP contribution in [0.4, 0.5) is 4.39 Å². The summed E-state index contributed by atoms with van der Waals surface area (Å²) in [6, 6.07) is 6.86. The topological polar surface area (TPSA) is 41.6 Å². The highest BCUT2D eigenvalue weighted by Crippen LogP contribution is 2.37. The predicted molar refractivity (Wildman–Crippen MR) is 84.5 cm³/mol. The molecule has 3 aliphatic rings. The summed E-state index contributed by atoms with van der Waals surface area (Å²) in [4.78, 5) is 14.7. The molecule has 0 aromatic heterocycles. The highest BCUT2D eigenvalue weighted by atomic mass is 19.1. The van der Waals surface area contributed by atoms with Crippen molar-refractivity contribution >= 4 is 5.91 Å². The third kappa shape index (κ3) is 3.56. The van der Waals surface area contributed by atoms with Gasteiger partial charge in [0.25, 0.3) is 0 Å². The van der Waals surface area contributed by atoms with Gasteiger partial charge in [0, 0.05) is 25.2 Å². The van der Waals surface area contributed by atoms with Gasteiger partial charge in [-0.2, -0.15) is 0 Å². The standard InChI is InChI=1S/C18H23FN2O2/c19-14-3-1-2-12(6-14)7-18(22)20-15-8-16-11-23-17(13-4-5-13)10-21(16)9-15/h1-3,6,13,15-17H,4-5,7-11H2,(H,20,22)/t15-,16-,17+/m0/s1. The van der Waals surface area contributed by atoms with Crippen molar-refractivity contribution in [1.29, 1.82) is 0 Å². The van der Waals surface area contributed by atoms with Gasteiger partial charge in [-0.25, -0.2) is 4.39 Å². The summed E-state index contributed by atoms with van der Waals surface area (Å²) >= 11 is 0. The summed E-state index contributed by atoms with van der Waals surface area (Å²) in [7, 11) is 0. The van der Waals surface area contributed by atoms with Gasteiger partial charge in [0.2, 0.25) is 5.91 Å². The summed E-state index contributed by atoms with van der Waals surface area (Å²) in [6.45, 7) is 2.70. The Hall–Kier alpha value is -1.46. The Kier molecular flexibility index (Phi) is 4.07. The maximum Gasteiger partial charge on any atom is 0.224 e. The first-order chi connectivity index (χ1) is 11.2. The van der Waals surface area contributed by atoms with Crippen LogP contribution in [0, 0.1) is 11.7 Å². The van der Waals surface area contributed by atoms with Crippen LogP contribution in [0.25, 0.3) is 0 Å². The van der Waals surface area contributed by atoms with E-state index in [1.165, 1.54) is 25.0 Å². The van der Waals surface area contributed by atoms with Crippen LogP contribution < -0.4 is 5.32 Å². The van der Waals surface area contributed by atoms with Crippen molar-refractivity contribution < 1.29 is 13.9 Å². The summed E-state index contributed by atoms with van der Waals surface area (Å²) < 4.78 is 19.2. The molecule has 0 unspecified atom stereocenters. The van der Waals surface area contributed by atoms with Crippen molar-refractivity contribution in [1.82, 2.24) is 10.2 Å². The smallest absolute Gasteiger partial charge is 0.224 e. The number of carbonyl (C=O) groups is 1. The zero-order chi connectivity index (χ0) is 15.8. The molecule has 0 radical (unpaired) electrons. The van der Waals surface area contributed by atoms with Crippen molar-refractivity contribution in [2.45, 2.75) is 43.9 Å². The van der Waals surface area contributed by atoms with E-state index in [9.17, 15) is 9.18 Å². The van der Waals surface area contributed by atoms with E-state index in [4.69, 9.17) is 4.74 Å². The van der Waals surface area contributed by atoms with E-state index in [1.54, 1.807) is 12.1 Å². The number of rotatable bonds is 4. The minimum Gasteiger partial charge on any atom is -0.375 e. The molecule has 1 saturated carbocycles. The number of ether oxygens (including phenoxy) is 1. The first-order valence-electron chi connectivity index (χ1n) is 8.57. The van der Waals surface area contributed by atoms with Crippen LogP contribution in [0.2, 0.25) is 0 Å². The van der Waals surface area contributed by atoms with Crippen LogP contribution in [-0.4, -0.2) is 48.7 Å². The average molecular weight is 318 g/mol. The molecular weight excluding hydrogens is 295 g/mol. The molecule has 5 heteroatoms. The lowest BCUT2D eigenvalue weighted by molar-refractivity contribution is -0.121. The molecule has 1 N–H and O–H groups in total. The van der Waals surface area contributed by atoms with Gasteiger partial charge in [-0.1, -0.05) is 12.1 Å². The van der Waals surface area contributed by atoms with Crippen LogP contribution in [-0.2, 0) is 16.0 Å². The van der Waals surface area contributed by atoms with E-state index in [-0.39, 0.29) is 24.2 Å². The maximum absolute atomic E-state index is 13.2. The number of morpholine rings is 1. The number of carbonyl (C=O) groups excluding carboxylic acids is 1. The number of benzene rings is 1. The van der Waals surface area contributed by atoms with E-state index >= 15 is 0 Å². The normalized spacial score (nSPS) is 30.9. The van der Waals surface area contributed by atoms with E-state index in [0.29, 0.717) is 12.1 Å². The van der Waals surface area contributed by atoms with Crippen molar-refractivity contribution in [2.75, 3.05) is 19.7 Å².